The van der Waals surface area contributed by atoms with Crippen LogP contribution >= 0.6 is 11.6 Å². The molecule has 0 amide bonds. The summed E-state index contributed by atoms with van der Waals surface area (Å²) in [5.74, 6) is 0.468. The Kier molecular flexibility index (Phi) is 8.96. The van der Waals surface area contributed by atoms with E-state index in [1.807, 2.05) is 6.92 Å². The van der Waals surface area contributed by atoms with E-state index in [1.54, 1.807) is 22.9 Å². The number of anilines is 2. The fourth-order valence-electron chi connectivity index (χ4n) is 5.80. The molecule has 0 saturated carbocycles. The summed E-state index contributed by atoms with van der Waals surface area (Å²) in [6, 6.07) is 5.74. The lowest BCUT2D eigenvalue weighted by Crippen LogP contribution is -2.44. The minimum atomic E-state index is -4.65. The second-order valence-electron chi connectivity index (χ2n) is 11.0. The number of hydrogen-bond donors (Lipinski definition) is 1. The lowest BCUT2D eigenvalue weighted by Gasteiger charge is -2.35. The number of aromatic nitrogens is 8. The molecule has 0 aliphatic carbocycles. The van der Waals surface area contributed by atoms with Crippen molar-refractivity contribution in [3.63, 3.8) is 0 Å². The molecule has 1 unspecified atom stereocenters. The van der Waals surface area contributed by atoms with E-state index >= 15 is 0 Å². The van der Waals surface area contributed by atoms with Crippen molar-refractivity contribution in [1.82, 2.24) is 44.9 Å². The van der Waals surface area contributed by atoms with Gasteiger partial charge in [-0.25, -0.2) is 14.6 Å². The molecule has 2 saturated heterocycles. The molecule has 1 aromatic carbocycles. The number of tetrazole rings is 1. The Morgan fingerprint density at radius 2 is 1.91 bits per heavy atom. The topological polar surface area (TPSA) is 121 Å². The van der Waals surface area contributed by atoms with Crippen molar-refractivity contribution in [1.29, 1.82) is 0 Å². The number of halogens is 4. The second kappa shape index (κ2) is 13.0. The van der Waals surface area contributed by atoms with Crippen LogP contribution in [0.4, 0.5) is 24.8 Å². The summed E-state index contributed by atoms with van der Waals surface area (Å²) in [7, 11) is 0. The molecule has 1 N–H and O–H groups in total. The quantitative estimate of drug-likeness (QED) is 0.260. The second-order valence-corrected chi connectivity index (χ2v) is 11.4. The average Bonchev–Trinajstić information content (AvgIpc) is 3.77. The molecule has 6 rings (SSSR count). The van der Waals surface area contributed by atoms with Crippen molar-refractivity contribution in [2.45, 2.75) is 70.1 Å². The Balaban J connectivity index is 1.15. The van der Waals surface area contributed by atoms with Crippen LogP contribution in [0.25, 0.3) is 11.1 Å². The van der Waals surface area contributed by atoms with Crippen LogP contribution in [-0.4, -0.2) is 82.8 Å². The van der Waals surface area contributed by atoms with Crippen molar-refractivity contribution >= 4 is 23.2 Å². The van der Waals surface area contributed by atoms with Gasteiger partial charge in [-0.1, -0.05) is 17.7 Å². The molecule has 2 atom stereocenters. The van der Waals surface area contributed by atoms with Crippen LogP contribution in [0.3, 0.4) is 0 Å². The minimum absolute atomic E-state index is 0.0176. The fourth-order valence-corrected chi connectivity index (χ4v) is 5.96. The Bertz CT molecular complexity index is 1530. The van der Waals surface area contributed by atoms with E-state index in [0.29, 0.717) is 35.5 Å². The molecule has 4 aromatic rings. The molecule has 12 nitrogen and oxygen atoms in total. The van der Waals surface area contributed by atoms with E-state index in [9.17, 15) is 13.2 Å². The standard InChI is InChI=1S/C28H32ClF3N10O2/c1-18(14-41-17-35-38-39-41)44-25-11-19(4-5-23(25)29)20-12-33-27(34-13-20)36-24-16-40(37-26(24)28(30,31)32)15-22-3-2-8-42(22)21-6-9-43-10-7-21/h4-5,11-13,16-18,21-22H,2-3,6-10,14-15H2,1H3,(H,33,34,36)/t18-,22?/m0/s1. The zero-order valence-corrected chi connectivity index (χ0v) is 24.7. The maximum Gasteiger partial charge on any atom is 0.437 e. The molecule has 16 heteroatoms. The van der Waals surface area contributed by atoms with Crippen molar-refractivity contribution in [2.24, 2.45) is 0 Å². The van der Waals surface area contributed by atoms with Gasteiger partial charge in [-0.3, -0.25) is 9.58 Å². The van der Waals surface area contributed by atoms with Gasteiger partial charge in [0, 0.05) is 49.5 Å². The number of rotatable bonds is 10. The van der Waals surface area contributed by atoms with Gasteiger partial charge in [-0.15, -0.1) is 5.10 Å². The number of likely N-dealkylation sites (tertiary alicyclic amines) is 1. The molecular weight excluding hydrogens is 601 g/mol. The van der Waals surface area contributed by atoms with E-state index in [2.05, 4.69) is 40.8 Å². The van der Waals surface area contributed by atoms with Crippen LogP contribution in [0.2, 0.25) is 5.02 Å². The Morgan fingerprint density at radius 1 is 1.11 bits per heavy atom. The number of ether oxygens (including phenoxy) is 2. The van der Waals surface area contributed by atoms with Crippen molar-refractivity contribution in [3.05, 3.63) is 53.8 Å². The third-order valence-corrected chi connectivity index (χ3v) is 8.15. The third-order valence-electron chi connectivity index (χ3n) is 7.84. The van der Waals surface area contributed by atoms with Crippen molar-refractivity contribution in [2.75, 3.05) is 25.1 Å². The van der Waals surface area contributed by atoms with E-state index in [-0.39, 0.29) is 23.8 Å². The lowest BCUT2D eigenvalue weighted by molar-refractivity contribution is -0.140. The number of nitrogens with zero attached hydrogens (tertiary/aromatic N) is 9. The first-order valence-corrected chi connectivity index (χ1v) is 14.9. The summed E-state index contributed by atoms with van der Waals surface area (Å²) in [5, 5.41) is 18.1. The number of nitrogens with one attached hydrogen (secondary N) is 1. The van der Waals surface area contributed by atoms with Gasteiger partial charge in [0.05, 0.1) is 23.8 Å². The highest BCUT2D eigenvalue weighted by molar-refractivity contribution is 6.32. The molecule has 2 aliphatic heterocycles. The average molecular weight is 633 g/mol. The maximum atomic E-state index is 14.0. The first kappa shape index (κ1) is 30.2. The van der Waals surface area contributed by atoms with Crippen LogP contribution in [0.15, 0.2) is 43.1 Å². The first-order chi connectivity index (χ1) is 21.2. The molecule has 0 spiro atoms. The van der Waals surface area contributed by atoms with Gasteiger partial charge in [0.15, 0.2) is 5.69 Å². The Labute approximate surface area is 256 Å². The molecule has 44 heavy (non-hydrogen) atoms. The van der Waals surface area contributed by atoms with Gasteiger partial charge in [-0.2, -0.15) is 18.3 Å². The molecule has 234 valence electrons. The van der Waals surface area contributed by atoms with Crippen molar-refractivity contribution < 1.29 is 22.6 Å². The van der Waals surface area contributed by atoms with Crippen molar-refractivity contribution in [3.8, 4) is 16.9 Å². The fraction of sp³-hybridized carbons (Fsp3) is 0.500. The number of alkyl halides is 3. The van der Waals surface area contributed by atoms with Crippen LogP contribution in [0.1, 0.15) is 38.3 Å². The predicted octanol–water partition coefficient (Wildman–Crippen LogP) is 4.85. The summed E-state index contributed by atoms with van der Waals surface area (Å²) in [4.78, 5) is 11.0. The highest BCUT2D eigenvalue weighted by Gasteiger charge is 2.39. The highest BCUT2D eigenvalue weighted by Crippen LogP contribution is 2.36. The van der Waals surface area contributed by atoms with Crippen LogP contribution in [-0.2, 0) is 24.0 Å². The maximum absolute atomic E-state index is 14.0. The monoisotopic (exact) mass is 632 g/mol. The van der Waals surface area contributed by atoms with E-state index in [4.69, 9.17) is 21.1 Å². The molecule has 3 aromatic heterocycles. The molecule has 0 radical (unpaired) electrons. The lowest BCUT2D eigenvalue weighted by atomic mass is 10.1. The summed E-state index contributed by atoms with van der Waals surface area (Å²) in [5.41, 5.74) is 0.155. The summed E-state index contributed by atoms with van der Waals surface area (Å²) < 4.78 is 56.4. The van der Waals surface area contributed by atoms with Gasteiger partial charge in [0.2, 0.25) is 5.95 Å². The normalized spacial score (nSPS) is 18.9. The number of benzene rings is 1. The number of hydrogen-bond acceptors (Lipinski definition) is 10. The summed E-state index contributed by atoms with van der Waals surface area (Å²) in [6.45, 7) is 5.03. The molecule has 2 fully saturated rings. The largest absolute Gasteiger partial charge is 0.487 e. The molecule has 5 heterocycles. The van der Waals surface area contributed by atoms with E-state index in [0.717, 1.165) is 51.0 Å². The van der Waals surface area contributed by atoms with Gasteiger partial charge < -0.3 is 14.8 Å². The van der Waals surface area contributed by atoms with Gasteiger partial charge in [0.25, 0.3) is 0 Å². The van der Waals surface area contributed by atoms with Crippen LogP contribution in [0.5, 0.6) is 5.75 Å². The smallest absolute Gasteiger partial charge is 0.437 e. The summed E-state index contributed by atoms with van der Waals surface area (Å²) in [6.07, 6.45) is 4.81. The zero-order valence-electron chi connectivity index (χ0n) is 24.0. The molecule has 0 bridgehead atoms. The van der Waals surface area contributed by atoms with Gasteiger partial charge >= 0.3 is 6.18 Å². The SMILES string of the molecule is C[C@@H](Cn1cnnn1)Oc1cc(-c2cnc(Nc3cn(CC4CCCN4C4CCOCC4)nc3C(F)(F)F)nc2)ccc1Cl. The van der Waals surface area contributed by atoms with Crippen LogP contribution < -0.4 is 10.1 Å². The van der Waals surface area contributed by atoms with Crippen LogP contribution in [0, 0.1) is 0 Å². The Hall–Kier alpha value is -3.82. The van der Waals surface area contributed by atoms with E-state index in [1.165, 1.54) is 29.6 Å². The predicted molar refractivity (Wildman–Crippen MR) is 154 cm³/mol. The van der Waals surface area contributed by atoms with Gasteiger partial charge in [-0.05, 0) is 67.3 Å². The van der Waals surface area contributed by atoms with Gasteiger partial charge in [0.1, 0.15) is 18.2 Å². The molecule has 2 aliphatic rings. The summed E-state index contributed by atoms with van der Waals surface area (Å²) >= 11 is 6.36. The zero-order chi connectivity index (χ0) is 30.7. The minimum Gasteiger partial charge on any atom is -0.487 e. The highest BCUT2D eigenvalue weighted by atomic mass is 35.5. The first-order valence-electron chi connectivity index (χ1n) is 14.5. The van der Waals surface area contributed by atoms with E-state index < -0.39 is 11.9 Å². The molecular formula is C28H32ClF3N10O2. The third kappa shape index (κ3) is 7.11. The Morgan fingerprint density at radius 3 is 2.64 bits per heavy atom.